The highest BCUT2D eigenvalue weighted by Crippen LogP contribution is 2.22. The molecule has 0 atom stereocenters. The Balaban J connectivity index is 1.49. The van der Waals surface area contributed by atoms with Gasteiger partial charge in [0.05, 0.1) is 11.8 Å². The maximum atomic E-state index is 12.9. The highest BCUT2D eigenvalue weighted by Gasteiger charge is 2.19. The van der Waals surface area contributed by atoms with Gasteiger partial charge in [-0.15, -0.1) is 0 Å². The molecular weight excluding hydrogens is 394 g/mol. The zero-order chi connectivity index (χ0) is 21.6. The number of ether oxygens (including phenoxy) is 1. The molecule has 3 aromatic rings. The van der Waals surface area contributed by atoms with Crippen molar-refractivity contribution >= 4 is 17.5 Å². The van der Waals surface area contributed by atoms with Crippen LogP contribution in [0.2, 0.25) is 0 Å². The van der Waals surface area contributed by atoms with E-state index in [1.165, 1.54) is 30.0 Å². The first-order valence-electron chi connectivity index (χ1n) is 10.8. The van der Waals surface area contributed by atoms with Gasteiger partial charge in [-0.3, -0.25) is 14.0 Å². The van der Waals surface area contributed by atoms with E-state index in [1.807, 2.05) is 30.3 Å². The van der Waals surface area contributed by atoms with E-state index in [-0.39, 0.29) is 17.2 Å². The number of hydrogen-bond acceptors (Lipinski definition) is 5. The number of carbonyl (C=O) groups is 2. The molecule has 0 radical (unpaired) electrons. The molecule has 0 unspecified atom stereocenters. The summed E-state index contributed by atoms with van der Waals surface area (Å²) in [6, 6.07) is 11.2. The van der Waals surface area contributed by atoms with Crippen LogP contribution in [0.25, 0.3) is 16.9 Å². The first-order chi connectivity index (χ1) is 15.1. The number of nitrogens with one attached hydrogen (secondary N) is 1. The molecule has 8 nitrogen and oxygen atoms in total. The lowest BCUT2D eigenvalue weighted by molar-refractivity contribution is 0.0273. The summed E-state index contributed by atoms with van der Waals surface area (Å²) in [6.07, 6.45) is 8.53. The summed E-state index contributed by atoms with van der Waals surface area (Å²) in [7, 11) is 0. The number of imidazole rings is 1. The largest absolute Gasteiger partial charge is 0.378 e. The van der Waals surface area contributed by atoms with Gasteiger partial charge in [-0.2, -0.15) is 0 Å². The van der Waals surface area contributed by atoms with Crippen LogP contribution in [0.1, 0.15) is 59.5 Å². The van der Waals surface area contributed by atoms with Crippen LogP contribution in [0, 0.1) is 0 Å². The van der Waals surface area contributed by atoms with Gasteiger partial charge in [-0.25, -0.2) is 9.97 Å². The second kappa shape index (κ2) is 9.70. The Labute approximate surface area is 180 Å². The van der Waals surface area contributed by atoms with Crippen LogP contribution < -0.4 is 11.1 Å². The van der Waals surface area contributed by atoms with Crippen molar-refractivity contribution in [2.75, 3.05) is 13.2 Å². The summed E-state index contributed by atoms with van der Waals surface area (Å²) in [5.41, 5.74) is 7.49. The number of primary amides is 1. The van der Waals surface area contributed by atoms with E-state index in [0.717, 1.165) is 24.8 Å². The number of nitrogens with zero attached hydrogens (tertiary/aromatic N) is 3. The maximum Gasteiger partial charge on any atom is 0.271 e. The van der Waals surface area contributed by atoms with E-state index in [9.17, 15) is 9.59 Å². The van der Waals surface area contributed by atoms with Crippen molar-refractivity contribution in [2.45, 2.75) is 44.6 Å². The first kappa shape index (κ1) is 21.0. The third-order valence-electron chi connectivity index (χ3n) is 5.55. The molecule has 1 aliphatic rings. The van der Waals surface area contributed by atoms with E-state index in [1.54, 1.807) is 6.07 Å². The van der Waals surface area contributed by atoms with Gasteiger partial charge in [-0.1, -0.05) is 49.6 Å². The normalized spacial score (nSPS) is 14.6. The molecule has 1 aliphatic carbocycles. The van der Waals surface area contributed by atoms with Crippen molar-refractivity contribution < 1.29 is 14.3 Å². The molecule has 4 rings (SSSR count). The lowest BCUT2D eigenvalue weighted by Gasteiger charge is -2.21. The zero-order valence-electron chi connectivity index (χ0n) is 17.4. The van der Waals surface area contributed by atoms with Gasteiger partial charge in [0.1, 0.15) is 12.0 Å². The molecule has 1 saturated carbocycles. The lowest BCUT2D eigenvalue weighted by Crippen LogP contribution is -2.28. The minimum Gasteiger partial charge on any atom is -0.378 e. The average molecular weight is 422 g/mol. The molecule has 2 heterocycles. The van der Waals surface area contributed by atoms with Gasteiger partial charge in [-0.05, 0) is 25.3 Å². The molecule has 8 heteroatoms. The highest BCUT2D eigenvalue weighted by molar-refractivity contribution is 5.99. The molecule has 3 N–H and O–H groups in total. The zero-order valence-corrected chi connectivity index (χ0v) is 17.4. The van der Waals surface area contributed by atoms with E-state index in [4.69, 9.17) is 10.5 Å². The summed E-state index contributed by atoms with van der Waals surface area (Å²) in [5, 5.41) is 2.93. The molecule has 31 heavy (non-hydrogen) atoms. The lowest BCUT2D eigenvalue weighted by atomic mass is 9.98. The van der Waals surface area contributed by atoms with E-state index in [0.29, 0.717) is 30.6 Å². The smallest absolute Gasteiger partial charge is 0.271 e. The number of hydrogen-bond donors (Lipinski definition) is 2. The fraction of sp³-hybridized carbons (Fsp3) is 0.391. The van der Waals surface area contributed by atoms with E-state index in [2.05, 4.69) is 15.3 Å². The Morgan fingerprint density at radius 3 is 2.68 bits per heavy atom. The number of amides is 2. The van der Waals surface area contributed by atoms with E-state index >= 15 is 0 Å². The summed E-state index contributed by atoms with van der Waals surface area (Å²) in [6.45, 7) is 1.12. The van der Waals surface area contributed by atoms with Gasteiger partial charge in [0.2, 0.25) is 0 Å². The van der Waals surface area contributed by atoms with Crippen molar-refractivity contribution in [3.8, 4) is 11.3 Å². The Morgan fingerprint density at radius 2 is 1.94 bits per heavy atom. The minimum atomic E-state index is -0.688. The van der Waals surface area contributed by atoms with Crippen LogP contribution in [-0.2, 0) is 4.74 Å². The van der Waals surface area contributed by atoms with Crippen LogP contribution in [0.5, 0.6) is 0 Å². The first-order valence-corrected chi connectivity index (χ1v) is 10.8. The molecule has 1 aromatic carbocycles. The number of benzene rings is 1. The molecule has 0 bridgehead atoms. The standard InChI is InChI=1S/C23H27N5O3/c24-21(29)20-22-27-18(16-8-3-1-4-9-16)14-19(28(22)15-26-20)23(30)25-12-7-13-31-17-10-5-2-6-11-17/h1,3-4,8-9,14-15,17H,2,5-7,10-13H2,(H2,24,29)(H,25,30). The van der Waals surface area contributed by atoms with Gasteiger partial charge in [0.25, 0.3) is 11.8 Å². The fourth-order valence-electron chi connectivity index (χ4n) is 3.92. The number of aromatic nitrogens is 3. The topological polar surface area (TPSA) is 112 Å². The third kappa shape index (κ3) is 4.91. The Hall–Kier alpha value is -3.26. The fourth-order valence-corrected chi connectivity index (χ4v) is 3.92. The average Bonchev–Trinajstić information content (AvgIpc) is 3.24. The van der Waals surface area contributed by atoms with Crippen LogP contribution in [0.4, 0.5) is 0 Å². The molecular formula is C23H27N5O3. The third-order valence-corrected chi connectivity index (χ3v) is 5.55. The second-order valence-corrected chi connectivity index (χ2v) is 7.78. The number of fused-ring (bicyclic) bond motifs is 1. The monoisotopic (exact) mass is 421 g/mol. The number of nitrogens with two attached hydrogens (primary N) is 1. The van der Waals surface area contributed by atoms with Crippen LogP contribution in [0.15, 0.2) is 42.7 Å². The molecule has 2 amide bonds. The molecule has 2 aromatic heterocycles. The van der Waals surface area contributed by atoms with Gasteiger partial charge in [0.15, 0.2) is 11.3 Å². The Morgan fingerprint density at radius 1 is 1.16 bits per heavy atom. The van der Waals surface area contributed by atoms with Crippen molar-refractivity contribution in [1.29, 1.82) is 0 Å². The minimum absolute atomic E-state index is 0.0349. The summed E-state index contributed by atoms with van der Waals surface area (Å²) >= 11 is 0. The predicted octanol–water partition coefficient (Wildman–Crippen LogP) is 2.96. The molecule has 0 spiro atoms. The quantitative estimate of drug-likeness (QED) is 0.543. The molecule has 0 aliphatic heterocycles. The summed E-state index contributed by atoms with van der Waals surface area (Å²) in [4.78, 5) is 33.3. The molecule has 162 valence electrons. The van der Waals surface area contributed by atoms with Gasteiger partial charge in [0, 0.05) is 18.7 Å². The predicted molar refractivity (Wildman–Crippen MR) is 117 cm³/mol. The number of carbonyl (C=O) groups excluding carboxylic acids is 2. The SMILES string of the molecule is NC(=O)c1ncn2c(C(=O)NCCCOC3CCCCC3)cc(-c3ccccc3)nc12. The second-order valence-electron chi connectivity index (χ2n) is 7.78. The number of rotatable bonds is 8. The van der Waals surface area contributed by atoms with Crippen molar-refractivity contribution in [3.05, 3.63) is 54.1 Å². The van der Waals surface area contributed by atoms with Crippen LogP contribution in [0.3, 0.4) is 0 Å². The Bertz CT molecular complexity index is 1060. The van der Waals surface area contributed by atoms with Crippen LogP contribution in [-0.4, -0.2) is 45.4 Å². The van der Waals surface area contributed by atoms with Crippen molar-refractivity contribution in [3.63, 3.8) is 0 Å². The van der Waals surface area contributed by atoms with Crippen molar-refractivity contribution in [1.82, 2.24) is 19.7 Å². The van der Waals surface area contributed by atoms with Crippen molar-refractivity contribution in [2.24, 2.45) is 5.73 Å². The van der Waals surface area contributed by atoms with Gasteiger partial charge >= 0.3 is 0 Å². The van der Waals surface area contributed by atoms with Crippen LogP contribution >= 0.6 is 0 Å². The summed E-state index contributed by atoms with van der Waals surface area (Å²) in [5.74, 6) is -0.956. The highest BCUT2D eigenvalue weighted by atomic mass is 16.5. The van der Waals surface area contributed by atoms with E-state index < -0.39 is 5.91 Å². The van der Waals surface area contributed by atoms with Gasteiger partial charge < -0.3 is 15.8 Å². The maximum absolute atomic E-state index is 12.9. The molecule has 1 fully saturated rings. The Kier molecular flexibility index (Phi) is 6.57. The molecule has 0 saturated heterocycles. The summed E-state index contributed by atoms with van der Waals surface area (Å²) < 4.78 is 7.42.